The van der Waals surface area contributed by atoms with Gasteiger partial charge in [0.25, 0.3) is 0 Å². The largest absolute Gasteiger partial charge is 0.416 e. The lowest BCUT2D eigenvalue weighted by Gasteiger charge is -2.47. The number of aliphatic hydroxyl groups is 2. The molecular formula is C25H31F3N6O3S. The van der Waals surface area contributed by atoms with Crippen LogP contribution < -0.4 is 10.6 Å². The maximum atomic E-state index is 13.2. The molecule has 0 unspecified atom stereocenters. The molecule has 0 atom stereocenters. The van der Waals surface area contributed by atoms with Crippen molar-refractivity contribution in [3.05, 3.63) is 39.8 Å². The van der Waals surface area contributed by atoms with Crippen LogP contribution in [-0.2, 0) is 23.1 Å². The highest BCUT2D eigenvalue weighted by molar-refractivity contribution is 7.11. The number of carbonyl (C=O) groups excluding carboxylic acids is 1. The van der Waals surface area contributed by atoms with Crippen molar-refractivity contribution in [2.75, 3.05) is 31.6 Å². The number of aryl methyl sites for hydroxylation is 1. The van der Waals surface area contributed by atoms with Crippen LogP contribution in [0.5, 0.6) is 0 Å². The van der Waals surface area contributed by atoms with Crippen LogP contribution in [0, 0.1) is 6.92 Å². The molecule has 2 aromatic heterocycles. The second kappa shape index (κ2) is 10.4. The van der Waals surface area contributed by atoms with Crippen LogP contribution in [0.3, 0.4) is 0 Å². The summed E-state index contributed by atoms with van der Waals surface area (Å²) >= 11 is 1.54. The molecule has 206 valence electrons. The van der Waals surface area contributed by atoms with Crippen molar-refractivity contribution in [1.29, 1.82) is 0 Å². The van der Waals surface area contributed by atoms with Gasteiger partial charge in [0.2, 0.25) is 5.91 Å². The van der Waals surface area contributed by atoms with E-state index in [1.807, 2.05) is 6.92 Å². The number of benzene rings is 1. The van der Waals surface area contributed by atoms with Crippen molar-refractivity contribution >= 4 is 34.0 Å². The molecule has 1 aliphatic carbocycles. The number of likely N-dealkylation sites (tertiary alicyclic amines) is 1. The predicted octanol–water partition coefficient (Wildman–Crippen LogP) is 2.86. The molecule has 0 bridgehead atoms. The summed E-state index contributed by atoms with van der Waals surface area (Å²) in [6.07, 6.45) is 0.338. The molecule has 13 heteroatoms. The van der Waals surface area contributed by atoms with Crippen molar-refractivity contribution in [3.8, 4) is 0 Å². The van der Waals surface area contributed by atoms with E-state index in [1.165, 1.54) is 10.7 Å². The first-order valence-corrected chi connectivity index (χ1v) is 13.5. The number of anilines is 1. The number of aromatic nitrogens is 3. The van der Waals surface area contributed by atoms with Gasteiger partial charge in [0.15, 0.2) is 5.82 Å². The van der Waals surface area contributed by atoms with Gasteiger partial charge in [0.1, 0.15) is 10.6 Å². The van der Waals surface area contributed by atoms with Gasteiger partial charge in [-0.1, -0.05) is 0 Å². The number of hydrogen-bond acceptors (Lipinski definition) is 8. The molecule has 5 rings (SSSR count). The fourth-order valence-corrected chi connectivity index (χ4v) is 6.24. The molecule has 1 amide bonds. The van der Waals surface area contributed by atoms with Gasteiger partial charge in [0, 0.05) is 35.6 Å². The van der Waals surface area contributed by atoms with Crippen molar-refractivity contribution in [1.82, 2.24) is 25.0 Å². The Kier molecular flexibility index (Phi) is 7.37. The van der Waals surface area contributed by atoms with E-state index in [-0.39, 0.29) is 42.8 Å². The molecule has 2 fully saturated rings. The summed E-state index contributed by atoms with van der Waals surface area (Å²) in [5.41, 5.74) is -1.22. The quantitative estimate of drug-likeness (QED) is 0.340. The van der Waals surface area contributed by atoms with Crippen LogP contribution in [0.25, 0.3) is 10.9 Å². The lowest BCUT2D eigenvalue weighted by molar-refractivity contribution is -0.137. The number of hydrogen-bond donors (Lipinski definition) is 4. The van der Waals surface area contributed by atoms with Gasteiger partial charge in [-0.15, -0.1) is 11.3 Å². The summed E-state index contributed by atoms with van der Waals surface area (Å²) in [6.45, 7) is 3.18. The predicted molar refractivity (Wildman–Crippen MR) is 137 cm³/mol. The summed E-state index contributed by atoms with van der Waals surface area (Å²) < 4.78 is 41.1. The fourth-order valence-electron chi connectivity index (χ4n) is 5.33. The van der Waals surface area contributed by atoms with Crippen molar-refractivity contribution in [2.45, 2.75) is 63.0 Å². The van der Waals surface area contributed by atoms with Crippen LogP contribution >= 0.6 is 11.3 Å². The van der Waals surface area contributed by atoms with Crippen molar-refractivity contribution in [2.24, 2.45) is 0 Å². The van der Waals surface area contributed by atoms with Gasteiger partial charge in [-0.25, -0.2) is 4.98 Å². The molecule has 38 heavy (non-hydrogen) atoms. The molecule has 0 radical (unpaired) electrons. The second-order valence-electron chi connectivity index (χ2n) is 10.1. The van der Waals surface area contributed by atoms with Gasteiger partial charge < -0.3 is 20.8 Å². The number of nitrogens with one attached hydrogen (secondary N) is 2. The molecule has 0 spiro atoms. The molecular weight excluding hydrogens is 521 g/mol. The topological polar surface area (TPSA) is 116 Å². The minimum Gasteiger partial charge on any atom is -0.394 e. The van der Waals surface area contributed by atoms with Gasteiger partial charge >= 0.3 is 6.18 Å². The number of carbonyl (C=O) groups is 1. The van der Waals surface area contributed by atoms with E-state index in [0.29, 0.717) is 37.5 Å². The number of halogens is 3. The highest BCUT2D eigenvalue weighted by Gasteiger charge is 2.41. The van der Waals surface area contributed by atoms with Gasteiger partial charge in [-0.2, -0.15) is 18.3 Å². The minimum atomic E-state index is -4.51. The second-order valence-corrected chi connectivity index (χ2v) is 11.4. The maximum Gasteiger partial charge on any atom is 0.416 e. The number of rotatable bonds is 8. The standard InChI is InChI=1S/C25H31F3N6O3S/c1-15-11-30-23(38-15)24(37)6-4-18(5-7-24)33-13-17(14-33)31-21(36)12-29-22-19-10-16(25(26,27)28)2-3-20(19)34(32-22)8-9-35/h2-3,10-11,17-18,35,37H,4-9,12-14H2,1H3,(H,29,32)(H,31,36). The Labute approximate surface area is 221 Å². The van der Waals surface area contributed by atoms with Crippen LogP contribution in [-0.4, -0.2) is 74.1 Å². The third-order valence-corrected chi connectivity index (χ3v) is 8.51. The summed E-state index contributed by atoms with van der Waals surface area (Å²) in [7, 11) is 0. The zero-order chi connectivity index (χ0) is 27.1. The zero-order valence-corrected chi connectivity index (χ0v) is 21.8. The number of thiazole rings is 1. The SMILES string of the molecule is Cc1cnc(C2(O)CCC(N3CC(NC(=O)CNc4nn(CCO)c5ccc(C(F)(F)F)cc45)C3)CC2)s1. The van der Waals surface area contributed by atoms with Crippen LogP contribution in [0.2, 0.25) is 0 Å². The van der Waals surface area contributed by atoms with Crippen LogP contribution in [0.4, 0.5) is 19.0 Å². The van der Waals surface area contributed by atoms with Crippen molar-refractivity contribution in [3.63, 3.8) is 0 Å². The lowest BCUT2D eigenvalue weighted by Crippen LogP contribution is -2.63. The van der Waals surface area contributed by atoms with E-state index in [4.69, 9.17) is 0 Å². The molecule has 3 heterocycles. The number of fused-ring (bicyclic) bond motifs is 1. The van der Waals surface area contributed by atoms with E-state index in [2.05, 4.69) is 25.6 Å². The normalized spacial score (nSPS) is 22.9. The lowest BCUT2D eigenvalue weighted by atomic mass is 9.81. The summed E-state index contributed by atoms with van der Waals surface area (Å²) in [6, 6.07) is 3.64. The monoisotopic (exact) mass is 552 g/mol. The smallest absolute Gasteiger partial charge is 0.394 e. The van der Waals surface area contributed by atoms with Gasteiger partial charge in [-0.3, -0.25) is 14.4 Å². The van der Waals surface area contributed by atoms with E-state index < -0.39 is 17.3 Å². The molecule has 1 aliphatic heterocycles. The van der Waals surface area contributed by atoms with E-state index in [1.54, 1.807) is 17.5 Å². The maximum absolute atomic E-state index is 13.2. The first-order valence-electron chi connectivity index (χ1n) is 12.7. The van der Waals surface area contributed by atoms with Gasteiger partial charge in [0.05, 0.1) is 36.8 Å². The highest BCUT2D eigenvalue weighted by Crippen LogP contribution is 2.41. The number of nitrogens with zero attached hydrogens (tertiary/aromatic N) is 4. The fraction of sp³-hybridized carbons (Fsp3) is 0.560. The summed E-state index contributed by atoms with van der Waals surface area (Å²) in [4.78, 5) is 20.3. The Bertz CT molecular complexity index is 1300. The minimum absolute atomic E-state index is 0.00718. The number of alkyl halides is 3. The summed E-state index contributed by atoms with van der Waals surface area (Å²) in [5.74, 6) is -0.112. The summed E-state index contributed by atoms with van der Waals surface area (Å²) in [5, 5.41) is 31.4. The van der Waals surface area contributed by atoms with Crippen LogP contribution in [0.1, 0.15) is 41.1 Å². The van der Waals surface area contributed by atoms with Crippen LogP contribution in [0.15, 0.2) is 24.4 Å². The highest BCUT2D eigenvalue weighted by atomic mass is 32.1. The van der Waals surface area contributed by atoms with E-state index >= 15 is 0 Å². The Morgan fingerprint density at radius 1 is 1.26 bits per heavy atom. The average Bonchev–Trinajstić information content (AvgIpc) is 3.44. The first-order chi connectivity index (χ1) is 18.1. The van der Waals surface area contributed by atoms with E-state index in [0.717, 1.165) is 34.9 Å². The average molecular weight is 553 g/mol. The molecule has 1 aromatic carbocycles. The first kappa shape index (κ1) is 26.9. The number of amides is 1. The molecule has 9 nitrogen and oxygen atoms in total. The number of aliphatic hydroxyl groups excluding tert-OH is 1. The Hall–Kier alpha value is -2.74. The third-order valence-electron chi connectivity index (χ3n) is 7.40. The van der Waals surface area contributed by atoms with Gasteiger partial charge in [-0.05, 0) is 50.8 Å². The zero-order valence-electron chi connectivity index (χ0n) is 21.0. The Balaban J connectivity index is 1.12. The van der Waals surface area contributed by atoms with E-state index in [9.17, 15) is 28.2 Å². The molecule has 1 saturated carbocycles. The molecule has 4 N–H and O–H groups in total. The Morgan fingerprint density at radius 2 is 2.00 bits per heavy atom. The molecule has 3 aromatic rings. The van der Waals surface area contributed by atoms with Crippen molar-refractivity contribution < 1.29 is 28.2 Å². The molecule has 1 saturated heterocycles. The molecule has 2 aliphatic rings. The Morgan fingerprint density at radius 3 is 2.63 bits per heavy atom. The third kappa shape index (κ3) is 5.51.